The molecule has 2 aliphatic carbocycles. The minimum absolute atomic E-state index is 0.700. The maximum atomic E-state index is 4.18. The van der Waals surface area contributed by atoms with Gasteiger partial charge in [-0.25, -0.2) is 0 Å². The van der Waals surface area contributed by atoms with Gasteiger partial charge in [0, 0.05) is 0 Å². The predicted octanol–water partition coefficient (Wildman–Crippen LogP) is 5.78. The summed E-state index contributed by atoms with van der Waals surface area (Å²) in [5.74, 6) is 0. The Morgan fingerprint density at radius 1 is 0.773 bits per heavy atom. The van der Waals surface area contributed by atoms with Crippen molar-refractivity contribution in [2.45, 2.75) is 17.9 Å². The monoisotopic (exact) mass is 317 g/mol. The van der Waals surface area contributed by atoms with Gasteiger partial charge in [0.2, 0.25) is 0 Å². The summed E-state index contributed by atoms with van der Waals surface area (Å²) < 4.78 is 2.75. The van der Waals surface area contributed by atoms with Gasteiger partial charge in [0.05, 0.1) is 0 Å². The molecule has 0 saturated carbocycles. The van der Waals surface area contributed by atoms with Crippen molar-refractivity contribution in [3.05, 3.63) is 89.9 Å². The fourth-order valence-corrected chi connectivity index (χ4v) is 10.3. The molecule has 22 heavy (non-hydrogen) atoms. The molecule has 2 aromatic carbocycles. The molecular weight excluding hydrogens is 297 g/mol. The van der Waals surface area contributed by atoms with E-state index < -0.39 is 21.4 Å². The number of allylic oxidation sites excluding steroid dienone is 2. The van der Waals surface area contributed by atoms with E-state index in [4.69, 9.17) is 0 Å². The minimum atomic E-state index is -1.62. The van der Waals surface area contributed by atoms with E-state index >= 15 is 0 Å². The van der Waals surface area contributed by atoms with Gasteiger partial charge in [0.1, 0.15) is 0 Å². The summed E-state index contributed by atoms with van der Waals surface area (Å²) in [6.45, 7) is 4.18. The first-order valence-electron chi connectivity index (χ1n) is 8.22. The van der Waals surface area contributed by atoms with E-state index in [0.29, 0.717) is 7.35 Å². The van der Waals surface area contributed by atoms with Crippen LogP contribution < -0.4 is 0 Å². The molecule has 107 valence electrons. The van der Waals surface area contributed by atoms with Crippen LogP contribution >= 0.6 is 0 Å². The number of benzene rings is 2. The second-order valence-electron chi connectivity index (χ2n) is 6.33. The van der Waals surface area contributed by atoms with Crippen LogP contribution in [0.4, 0.5) is 0 Å². The van der Waals surface area contributed by atoms with Crippen LogP contribution in [0.1, 0.15) is 36.0 Å². The van der Waals surface area contributed by atoms with Gasteiger partial charge >= 0.3 is 141 Å². The molecule has 0 fully saturated rings. The van der Waals surface area contributed by atoms with Crippen LogP contribution in [0.3, 0.4) is 0 Å². The van der Waals surface area contributed by atoms with Gasteiger partial charge in [-0.15, -0.1) is 0 Å². The quantitative estimate of drug-likeness (QED) is 0.670. The third kappa shape index (κ3) is 2.40. The normalized spacial score (nSPS) is 21.0. The van der Waals surface area contributed by atoms with Crippen LogP contribution in [0.15, 0.2) is 60.7 Å². The Morgan fingerprint density at radius 3 is 1.77 bits per heavy atom. The molecule has 0 saturated heterocycles. The van der Waals surface area contributed by atoms with E-state index in [1.165, 1.54) is 15.3 Å². The number of rotatable bonds is 4. The molecule has 0 amide bonds. The Hall–Kier alpha value is -1.21. The molecule has 0 N–H and O–H groups in total. The number of fused-ring (bicyclic) bond motifs is 2. The molecule has 0 aromatic heterocycles. The average Bonchev–Trinajstić information content (AvgIpc) is 3.17. The number of hydrogen-bond acceptors (Lipinski definition) is 0. The summed E-state index contributed by atoms with van der Waals surface area (Å²) in [6, 6.07) is 17.9. The Balaban J connectivity index is 1.72. The second-order valence-corrected chi connectivity index (χ2v) is 11.6. The fraction of sp³-hybridized carbons (Fsp3) is 0.190. The summed E-state index contributed by atoms with van der Waals surface area (Å²) in [5, 5.41) is 0. The molecule has 2 aliphatic rings. The first kappa shape index (κ1) is 14.4. The maximum absolute atomic E-state index is 4.18. The van der Waals surface area contributed by atoms with Gasteiger partial charge < -0.3 is 0 Å². The Bertz CT molecular complexity index is 680. The molecule has 0 spiro atoms. The molecule has 2 aromatic rings. The standard InChI is InChI=1S/2C9H7.C3H6.Sc/c2*1-2-5-9-7-3-6-8(9)4-1;1-3-2;/h2*1-7H;1-3H2;. The molecule has 1 heteroatoms. The zero-order chi connectivity index (χ0) is 14.9. The summed E-state index contributed by atoms with van der Waals surface area (Å²) in [7, 11) is 0. The van der Waals surface area contributed by atoms with Crippen LogP contribution in [0, 0.1) is 6.92 Å². The van der Waals surface area contributed by atoms with Crippen LogP contribution in [0.5, 0.6) is 0 Å². The van der Waals surface area contributed by atoms with Crippen molar-refractivity contribution in [1.82, 2.24) is 0 Å². The SMILES string of the molecule is [CH2]C[CH2][Sc]([CH]1C=Cc2ccccc21)[CH]1C=Cc2ccccc21. The molecule has 0 aliphatic heterocycles. The summed E-state index contributed by atoms with van der Waals surface area (Å²) in [5.41, 5.74) is 6.00. The van der Waals surface area contributed by atoms with E-state index in [-0.39, 0.29) is 0 Å². The fourth-order valence-electron chi connectivity index (χ4n) is 4.12. The van der Waals surface area contributed by atoms with Crippen LogP contribution in [0.2, 0.25) is 4.18 Å². The second kappa shape index (κ2) is 6.12. The van der Waals surface area contributed by atoms with Gasteiger partial charge in [-0.05, 0) is 0 Å². The van der Waals surface area contributed by atoms with Crippen LogP contribution in [-0.4, -0.2) is 0 Å². The van der Waals surface area contributed by atoms with Gasteiger partial charge in [0.15, 0.2) is 0 Å². The number of hydrogen-bond donors (Lipinski definition) is 0. The van der Waals surface area contributed by atoms with E-state index in [1.807, 2.05) is 0 Å². The molecular formula is C21H20Sc. The third-order valence-corrected chi connectivity index (χ3v) is 11.5. The average molecular weight is 317 g/mol. The van der Waals surface area contributed by atoms with E-state index in [9.17, 15) is 0 Å². The zero-order valence-corrected chi connectivity index (χ0v) is 14.6. The third-order valence-electron chi connectivity index (χ3n) is 5.14. The van der Waals surface area contributed by atoms with Gasteiger partial charge in [-0.2, -0.15) is 0 Å². The Kier molecular flexibility index (Phi) is 4.00. The van der Waals surface area contributed by atoms with Crippen molar-refractivity contribution in [3.8, 4) is 0 Å². The summed E-state index contributed by atoms with van der Waals surface area (Å²) >= 11 is -1.62. The van der Waals surface area contributed by atoms with Gasteiger partial charge in [0.25, 0.3) is 0 Å². The first-order chi connectivity index (χ1) is 10.9. The molecule has 2 unspecified atom stereocenters. The molecule has 4 rings (SSSR count). The van der Waals surface area contributed by atoms with Gasteiger partial charge in [-0.3, -0.25) is 0 Å². The first-order valence-corrected chi connectivity index (χ1v) is 11.6. The predicted molar refractivity (Wildman–Crippen MR) is 91.2 cm³/mol. The zero-order valence-electron chi connectivity index (χ0n) is 12.8. The molecule has 0 nitrogen and oxygen atoms in total. The topological polar surface area (TPSA) is 0 Å². The molecule has 2 atom stereocenters. The van der Waals surface area contributed by atoms with Crippen LogP contribution in [-0.2, 0) is 21.4 Å². The van der Waals surface area contributed by atoms with E-state index in [2.05, 4.69) is 79.8 Å². The molecule has 0 bridgehead atoms. The molecule has 0 heterocycles. The van der Waals surface area contributed by atoms with Crippen LogP contribution in [0.25, 0.3) is 12.2 Å². The summed E-state index contributed by atoms with van der Waals surface area (Å²) in [6.07, 6.45) is 10.7. The van der Waals surface area contributed by atoms with Gasteiger partial charge in [-0.1, -0.05) is 0 Å². The van der Waals surface area contributed by atoms with Crippen molar-refractivity contribution >= 4 is 12.2 Å². The van der Waals surface area contributed by atoms with Crippen molar-refractivity contribution in [2.24, 2.45) is 0 Å². The van der Waals surface area contributed by atoms with Crippen molar-refractivity contribution in [1.29, 1.82) is 0 Å². The Morgan fingerprint density at radius 2 is 1.27 bits per heavy atom. The van der Waals surface area contributed by atoms with Crippen molar-refractivity contribution in [2.75, 3.05) is 0 Å². The Labute approximate surface area is 141 Å². The van der Waals surface area contributed by atoms with E-state index in [0.717, 1.165) is 6.42 Å². The van der Waals surface area contributed by atoms with Crippen molar-refractivity contribution < 1.29 is 21.4 Å². The summed E-state index contributed by atoms with van der Waals surface area (Å²) in [4.78, 5) is 0. The molecule has 1 radical (unpaired) electrons. The van der Waals surface area contributed by atoms with E-state index in [1.54, 1.807) is 11.1 Å². The van der Waals surface area contributed by atoms with Crippen molar-refractivity contribution in [3.63, 3.8) is 0 Å².